The van der Waals surface area contributed by atoms with Gasteiger partial charge in [0.1, 0.15) is 5.82 Å². The zero-order chi connectivity index (χ0) is 16.1. The van der Waals surface area contributed by atoms with E-state index in [2.05, 4.69) is 14.7 Å². The summed E-state index contributed by atoms with van der Waals surface area (Å²) in [6.45, 7) is 0. The zero-order valence-corrected chi connectivity index (χ0v) is 13.0. The molecule has 0 atom stereocenters. The molecule has 0 bridgehead atoms. The highest BCUT2D eigenvalue weighted by Gasteiger charge is 2.10. The number of nitrogens with one attached hydrogen (secondary N) is 1. The molecule has 0 saturated heterocycles. The van der Waals surface area contributed by atoms with Crippen molar-refractivity contribution in [1.29, 1.82) is 0 Å². The monoisotopic (exact) mass is 322 g/mol. The van der Waals surface area contributed by atoms with Gasteiger partial charge in [-0.25, -0.2) is 4.79 Å². The first-order chi connectivity index (χ1) is 10.5. The first kappa shape index (κ1) is 16.0. The maximum atomic E-state index is 11.7. The van der Waals surface area contributed by atoms with E-state index in [1.165, 1.54) is 18.4 Å². The van der Waals surface area contributed by atoms with Crippen molar-refractivity contribution in [2.24, 2.45) is 0 Å². The molecule has 22 heavy (non-hydrogen) atoms. The van der Waals surface area contributed by atoms with Crippen LogP contribution in [0.25, 0.3) is 0 Å². The van der Waals surface area contributed by atoms with Gasteiger partial charge in [-0.1, -0.05) is 0 Å². The number of methoxy groups -OCH3 is 1. The average molecular weight is 322 g/mol. The highest BCUT2D eigenvalue weighted by atomic mass is 32.1. The second kappa shape index (κ2) is 7.08. The molecule has 0 aliphatic rings. The number of hydrogen-bond acceptors (Lipinski definition) is 7. The lowest BCUT2D eigenvalue weighted by Gasteiger charge is -2.04. The van der Waals surface area contributed by atoms with Crippen LogP contribution in [0.3, 0.4) is 0 Å². The van der Waals surface area contributed by atoms with E-state index in [0.717, 1.165) is 24.1 Å². The van der Waals surface area contributed by atoms with Crippen molar-refractivity contribution in [2.75, 3.05) is 18.6 Å². The number of ether oxygens (including phenoxy) is 1. The van der Waals surface area contributed by atoms with Gasteiger partial charge in [0.15, 0.2) is 0 Å². The SMILES string of the molecule is COC(=O)c1csc(CCCCc2c(N)nc(N)[nH]c2=O)c1. The van der Waals surface area contributed by atoms with Crippen LogP contribution in [-0.2, 0) is 17.6 Å². The summed E-state index contributed by atoms with van der Waals surface area (Å²) in [6, 6.07) is 1.84. The van der Waals surface area contributed by atoms with Crippen LogP contribution in [0.1, 0.15) is 33.6 Å². The van der Waals surface area contributed by atoms with Gasteiger partial charge in [-0.2, -0.15) is 4.98 Å². The number of unbranched alkanes of at least 4 members (excludes halogenated alkanes) is 1. The van der Waals surface area contributed by atoms with Gasteiger partial charge in [-0.05, 0) is 31.7 Å². The highest BCUT2D eigenvalue weighted by Crippen LogP contribution is 2.18. The molecular formula is C14H18N4O3S. The van der Waals surface area contributed by atoms with Crippen LogP contribution in [-0.4, -0.2) is 23.0 Å². The van der Waals surface area contributed by atoms with Crippen LogP contribution >= 0.6 is 11.3 Å². The van der Waals surface area contributed by atoms with E-state index in [4.69, 9.17) is 11.5 Å². The maximum absolute atomic E-state index is 11.7. The van der Waals surface area contributed by atoms with Crippen LogP contribution < -0.4 is 17.0 Å². The number of aryl methyl sites for hydroxylation is 1. The Morgan fingerprint density at radius 2 is 2.09 bits per heavy atom. The zero-order valence-electron chi connectivity index (χ0n) is 12.2. The number of aromatic nitrogens is 2. The van der Waals surface area contributed by atoms with Gasteiger partial charge in [0, 0.05) is 10.3 Å². The molecule has 5 N–H and O–H groups in total. The Kier molecular flexibility index (Phi) is 5.16. The third-order valence-electron chi connectivity index (χ3n) is 3.24. The summed E-state index contributed by atoms with van der Waals surface area (Å²) >= 11 is 1.53. The lowest BCUT2D eigenvalue weighted by molar-refractivity contribution is 0.0601. The fraction of sp³-hybridized carbons (Fsp3) is 0.357. The molecule has 0 aliphatic carbocycles. The van der Waals surface area contributed by atoms with Crippen LogP contribution in [0.5, 0.6) is 0 Å². The van der Waals surface area contributed by atoms with E-state index in [-0.39, 0.29) is 23.3 Å². The molecule has 2 heterocycles. The van der Waals surface area contributed by atoms with E-state index in [1.54, 1.807) is 5.38 Å². The Hall–Kier alpha value is -2.35. The summed E-state index contributed by atoms with van der Waals surface area (Å²) in [5.41, 5.74) is 11.9. The van der Waals surface area contributed by atoms with E-state index >= 15 is 0 Å². The minimum atomic E-state index is -0.324. The molecule has 2 rings (SSSR count). The molecule has 0 unspecified atom stereocenters. The minimum absolute atomic E-state index is 0.0279. The number of nitrogens with zero attached hydrogens (tertiary/aromatic N) is 1. The summed E-state index contributed by atoms with van der Waals surface area (Å²) in [4.78, 5) is 30.5. The fourth-order valence-corrected chi connectivity index (χ4v) is 3.01. The minimum Gasteiger partial charge on any atom is -0.465 e. The second-order valence-electron chi connectivity index (χ2n) is 4.82. The first-order valence-corrected chi connectivity index (χ1v) is 7.69. The Morgan fingerprint density at radius 3 is 2.77 bits per heavy atom. The molecular weight excluding hydrogens is 304 g/mol. The number of nitrogen functional groups attached to an aromatic ring is 2. The lowest BCUT2D eigenvalue weighted by atomic mass is 10.1. The quantitative estimate of drug-likeness (QED) is 0.544. The summed E-state index contributed by atoms with van der Waals surface area (Å²) in [7, 11) is 1.36. The number of thiophene rings is 1. The molecule has 8 heteroatoms. The fourth-order valence-electron chi connectivity index (χ4n) is 2.11. The number of carbonyl (C=O) groups excluding carboxylic acids is 1. The molecule has 2 aromatic heterocycles. The van der Waals surface area contributed by atoms with Crippen molar-refractivity contribution >= 4 is 29.1 Å². The lowest BCUT2D eigenvalue weighted by Crippen LogP contribution is -2.19. The number of nitrogens with two attached hydrogens (primary N) is 2. The normalized spacial score (nSPS) is 10.6. The summed E-state index contributed by atoms with van der Waals surface area (Å²) in [5, 5.41) is 1.79. The van der Waals surface area contributed by atoms with Crippen molar-refractivity contribution in [3.8, 4) is 0 Å². The van der Waals surface area contributed by atoms with E-state index in [9.17, 15) is 9.59 Å². The molecule has 0 aromatic carbocycles. The third kappa shape index (κ3) is 3.85. The van der Waals surface area contributed by atoms with Crippen molar-refractivity contribution < 1.29 is 9.53 Å². The number of esters is 1. The first-order valence-electron chi connectivity index (χ1n) is 6.81. The van der Waals surface area contributed by atoms with Gasteiger partial charge >= 0.3 is 5.97 Å². The largest absolute Gasteiger partial charge is 0.465 e. The Labute approximate surface area is 131 Å². The van der Waals surface area contributed by atoms with Crippen molar-refractivity contribution in [3.05, 3.63) is 37.8 Å². The van der Waals surface area contributed by atoms with Crippen LogP contribution in [0.4, 0.5) is 11.8 Å². The molecule has 0 spiro atoms. The predicted molar refractivity (Wildman–Crippen MR) is 86.0 cm³/mol. The molecule has 0 radical (unpaired) electrons. The van der Waals surface area contributed by atoms with Crippen LogP contribution in [0, 0.1) is 0 Å². The third-order valence-corrected chi connectivity index (χ3v) is 4.24. The summed E-state index contributed by atoms with van der Waals surface area (Å²) < 4.78 is 4.67. The van der Waals surface area contributed by atoms with Crippen molar-refractivity contribution in [1.82, 2.24) is 9.97 Å². The van der Waals surface area contributed by atoms with Crippen molar-refractivity contribution in [2.45, 2.75) is 25.7 Å². The van der Waals surface area contributed by atoms with E-state index < -0.39 is 0 Å². The van der Waals surface area contributed by atoms with Crippen LogP contribution in [0.2, 0.25) is 0 Å². The standard InChI is InChI=1S/C14H18N4O3S/c1-21-13(20)8-6-9(22-7-8)4-2-3-5-10-11(15)17-14(16)18-12(10)19/h6-7H,2-5H2,1H3,(H5,15,16,17,18,19). The molecule has 0 aliphatic heterocycles. The van der Waals surface area contributed by atoms with Gasteiger partial charge in [0.2, 0.25) is 5.95 Å². The molecule has 0 saturated carbocycles. The highest BCUT2D eigenvalue weighted by molar-refractivity contribution is 7.10. The molecule has 118 valence electrons. The van der Waals surface area contributed by atoms with Crippen molar-refractivity contribution in [3.63, 3.8) is 0 Å². The smallest absolute Gasteiger partial charge is 0.338 e. The number of aromatic amines is 1. The van der Waals surface area contributed by atoms with E-state index in [1.807, 2.05) is 6.07 Å². The molecule has 0 fully saturated rings. The molecule has 0 amide bonds. The summed E-state index contributed by atoms with van der Waals surface area (Å²) in [5.74, 6) is -0.111. The van der Waals surface area contributed by atoms with Gasteiger partial charge in [0.05, 0.1) is 18.2 Å². The predicted octanol–water partition coefficient (Wildman–Crippen LogP) is 1.35. The summed E-state index contributed by atoms with van der Waals surface area (Å²) in [6.07, 6.45) is 3.06. The average Bonchev–Trinajstić information content (AvgIpc) is 2.93. The van der Waals surface area contributed by atoms with E-state index in [0.29, 0.717) is 17.5 Å². The number of H-pyrrole nitrogens is 1. The van der Waals surface area contributed by atoms with Gasteiger partial charge in [-0.3, -0.25) is 9.78 Å². The number of carbonyl (C=O) groups is 1. The number of hydrogen-bond donors (Lipinski definition) is 3. The maximum Gasteiger partial charge on any atom is 0.338 e. The van der Waals surface area contributed by atoms with Gasteiger partial charge in [-0.15, -0.1) is 11.3 Å². The Balaban J connectivity index is 1.86. The Morgan fingerprint density at radius 1 is 1.36 bits per heavy atom. The second-order valence-corrected chi connectivity index (χ2v) is 5.81. The topological polar surface area (TPSA) is 124 Å². The number of anilines is 2. The molecule has 7 nitrogen and oxygen atoms in total. The van der Waals surface area contributed by atoms with Gasteiger partial charge in [0.25, 0.3) is 5.56 Å². The molecule has 2 aromatic rings. The Bertz CT molecular complexity index is 723. The van der Waals surface area contributed by atoms with Gasteiger partial charge < -0.3 is 16.2 Å². The van der Waals surface area contributed by atoms with Crippen LogP contribution in [0.15, 0.2) is 16.2 Å². The number of rotatable bonds is 6.